The normalized spacial score (nSPS) is 20.7. The Morgan fingerprint density at radius 1 is 1.11 bits per heavy atom. The van der Waals surface area contributed by atoms with Crippen LogP contribution in [0.2, 0.25) is 0 Å². The molecule has 1 saturated heterocycles. The molecule has 1 fully saturated rings. The van der Waals surface area contributed by atoms with E-state index >= 15 is 0 Å². The number of anilines is 2. The predicted molar refractivity (Wildman–Crippen MR) is 107 cm³/mol. The fourth-order valence-corrected chi connectivity index (χ4v) is 3.80. The number of nitrogens with one attached hydrogen (secondary N) is 2. The zero-order chi connectivity index (χ0) is 19.8. The van der Waals surface area contributed by atoms with Crippen LogP contribution < -0.4 is 15.5 Å². The molecule has 2 heterocycles. The van der Waals surface area contributed by atoms with Gasteiger partial charge in [-0.2, -0.15) is 0 Å². The largest absolute Gasteiger partial charge is 0.378 e. The summed E-state index contributed by atoms with van der Waals surface area (Å²) < 4.78 is 0. The third-order valence-electron chi connectivity index (χ3n) is 5.31. The topological polar surface area (TPSA) is 81.8 Å². The molecule has 2 N–H and O–H groups in total. The first kappa shape index (κ1) is 18.0. The highest BCUT2D eigenvalue weighted by atomic mass is 16.2. The van der Waals surface area contributed by atoms with Crippen molar-refractivity contribution in [3.8, 4) is 0 Å². The maximum absolute atomic E-state index is 12.9. The van der Waals surface area contributed by atoms with Gasteiger partial charge in [-0.25, -0.2) is 0 Å². The highest BCUT2D eigenvalue weighted by Crippen LogP contribution is 2.29. The Morgan fingerprint density at radius 2 is 1.82 bits per heavy atom. The molecule has 2 aliphatic rings. The van der Waals surface area contributed by atoms with Gasteiger partial charge in [0.05, 0.1) is 17.3 Å². The van der Waals surface area contributed by atoms with Gasteiger partial charge in [0.25, 0.3) is 11.8 Å². The Balaban J connectivity index is 1.54. The van der Waals surface area contributed by atoms with E-state index in [1.165, 1.54) is 0 Å². The Labute approximate surface area is 163 Å². The number of hydrogen-bond acceptors (Lipinski definition) is 4. The Hall–Kier alpha value is -3.35. The van der Waals surface area contributed by atoms with Crippen LogP contribution in [0.4, 0.5) is 11.4 Å². The molecule has 2 aromatic rings. The SMILES string of the molecule is CN(C)c1ccc(C(=O)NC2CCN3C(=O)c4ccccc4NC(=O)C23)cc1. The highest BCUT2D eigenvalue weighted by molar-refractivity contribution is 6.10. The van der Waals surface area contributed by atoms with Crippen LogP contribution in [0.5, 0.6) is 0 Å². The Kier molecular flexibility index (Phi) is 4.50. The van der Waals surface area contributed by atoms with Crippen LogP contribution in [-0.4, -0.2) is 55.3 Å². The fourth-order valence-electron chi connectivity index (χ4n) is 3.80. The molecule has 2 atom stereocenters. The highest BCUT2D eigenvalue weighted by Gasteiger charge is 2.45. The lowest BCUT2D eigenvalue weighted by Crippen LogP contribution is -2.51. The number of carbonyl (C=O) groups excluding carboxylic acids is 3. The maximum Gasteiger partial charge on any atom is 0.256 e. The quantitative estimate of drug-likeness (QED) is 0.852. The fraction of sp³-hybridized carbons (Fsp3) is 0.286. The van der Waals surface area contributed by atoms with Gasteiger partial charge in [0.1, 0.15) is 6.04 Å². The van der Waals surface area contributed by atoms with Crippen LogP contribution in [0, 0.1) is 0 Å². The third kappa shape index (κ3) is 3.09. The zero-order valence-electron chi connectivity index (χ0n) is 15.8. The molecule has 3 amide bonds. The van der Waals surface area contributed by atoms with Crippen LogP contribution in [-0.2, 0) is 4.79 Å². The van der Waals surface area contributed by atoms with Crippen LogP contribution in [0.25, 0.3) is 0 Å². The van der Waals surface area contributed by atoms with Crippen molar-refractivity contribution in [3.63, 3.8) is 0 Å². The van der Waals surface area contributed by atoms with Gasteiger partial charge in [0, 0.05) is 31.9 Å². The van der Waals surface area contributed by atoms with E-state index in [2.05, 4.69) is 10.6 Å². The van der Waals surface area contributed by atoms with Crippen molar-refractivity contribution in [3.05, 3.63) is 59.7 Å². The van der Waals surface area contributed by atoms with Crippen molar-refractivity contribution in [1.29, 1.82) is 0 Å². The van der Waals surface area contributed by atoms with Gasteiger partial charge in [-0.05, 0) is 42.8 Å². The van der Waals surface area contributed by atoms with Crippen molar-refractivity contribution in [2.24, 2.45) is 0 Å². The second-order valence-electron chi connectivity index (χ2n) is 7.29. The second kappa shape index (κ2) is 6.99. The zero-order valence-corrected chi connectivity index (χ0v) is 15.8. The number of nitrogens with zero attached hydrogens (tertiary/aromatic N) is 2. The molecule has 4 rings (SSSR count). The molecule has 0 saturated carbocycles. The monoisotopic (exact) mass is 378 g/mol. The van der Waals surface area contributed by atoms with E-state index < -0.39 is 12.1 Å². The Bertz CT molecular complexity index is 939. The minimum atomic E-state index is -0.718. The number of carbonyl (C=O) groups is 3. The van der Waals surface area contributed by atoms with Crippen LogP contribution in [0.15, 0.2) is 48.5 Å². The van der Waals surface area contributed by atoms with Gasteiger partial charge in [-0.1, -0.05) is 12.1 Å². The number of benzene rings is 2. The summed E-state index contributed by atoms with van der Waals surface area (Å²) in [4.78, 5) is 41.9. The van der Waals surface area contributed by atoms with Crippen LogP contribution >= 0.6 is 0 Å². The van der Waals surface area contributed by atoms with Crippen molar-refractivity contribution >= 4 is 29.1 Å². The molecule has 0 spiro atoms. The lowest BCUT2D eigenvalue weighted by Gasteiger charge is -2.25. The van der Waals surface area contributed by atoms with Gasteiger partial charge in [0.2, 0.25) is 5.91 Å². The van der Waals surface area contributed by atoms with E-state index in [1.807, 2.05) is 31.1 Å². The number of hydrogen-bond donors (Lipinski definition) is 2. The van der Waals surface area contributed by atoms with E-state index in [4.69, 9.17) is 0 Å². The molecule has 2 aliphatic heterocycles. The average Bonchev–Trinajstić information content (AvgIpc) is 3.07. The first-order valence-corrected chi connectivity index (χ1v) is 9.25. The van der Waals surface area contributed by atoms with Gasteiger partial charge < -0.3 is 20.4 Å². The molecule has 7 heteroatoms. The summed E-state index contributed by atoms with van der Waals surface area (Å²) in [6.07, 6.45) is 0.535. The third-order valence-corrected chi connectivity index (χ3v) is 5.31. The van der Waals surface area contributed by atoms with Crippen molar-refractivity contribution < 1.29 is 14.4 Å². The molecular formula is C21H22N4O3. The van der Waals surface area contributed by atoms with Crippen molar-refractivity contribution in [1.82, 2.24) is 10.2 Å². The average molecular weight is 378 g/mol. The first-order chi connectivity index (χ1) is 13.5. The van der Waals surface area contributed by atoms with Gasteiger partial charge in [0.15, 0.2) is 0 Å². The van der Waals surface area contributed by atoms with Gasteiger partial charge in [-0.3, -0.25) is 14.4 Å². The molecule has 0 aromatic heterocycles. The lowest BCUT2D eigenvalue weighted by atomic mass is 10.1. The summed E-state index contributed by atoms with van der Waals surface area (Å²) in [6.45, 7) is 0.426. The molecule has 0 radical (unpaired) electrons. The lowest BCUT2D eigenvalue weighted by molar-refractivity contribution is -0.120. The summed E-state index contributed by atoms with van der Waals surface area (Å²) in [5, 5.41) is 5.77. The number of amides is 3. The predicted octanol–water partition coefficient (Wildman–Crippen LogP) is 1.72. The smallest absolute Gasteiger partial charge is 0.256 e. The summed E-state index contributed by atoms with van der Waals surface area (Å²) in [5.41, 5.74) is 2.50. The Morgan fingerprint density at radius 3 is 2.54 bits per heavy atom. The molecule has 7 nitrogen and oxygen atoms in total. The van der Waals surface area contributed by atoms with Crippen molar-refractivity contribution in [2.45, 2.75) is 18.5 Å². The molecule has 0 aliphatic carbocycles. The molecule has 28 heavy (non-hydrogen) atoms. The van der Waals surface area contributed by atoms with E-state index in [9.17, 15) is 14.4 Å². The van der Waals surface area contributed by atoms with Gasteiger partial charge in [-0.15, -0.1) is 0 Å². The molecule has 2 unspecified atom stereocenters. The van der Waals surface area contributed by atoms with E-state index in [-0.39, 0.29) is 17.7 Å². The van der Waals surface area contributed by atoms with Crippen LogP contribution in [0.3, 0.4) is 0 Å². The minimum absolute atomic E-state index is 0.189. The number of para-hydroxylation sites is 1. The van der Waals surface area contributed by atoms with Crippen molar-refractivity contribution in [2.75, 3.05) is 30.9 Å². The minimum Gasteiger partial charge on any atom is -0.378 e. The molecule has 0 bridgehead atoms. The number of rotatable bonds is 3. The summed E-state index contributed by atoms with van der Waals surface area (Å²) >= 11 is 0. The summed E-state index contributed by atoms with van der Waals surface area (Å²) in [5.74, 6) is -0.714. The first-order valence-electron chi connectivity index (χ1n) is 9.25. The van der Waals surface area contributed by atoms with Crippen LogP contribution in [0.1, 0.15) is 27.1 Å². The van der Waals surface area contributed by atoms with Gasteiger partial charge >= 0.3 is 0 Å². The second-order valence-corrected chi connectivity index (χ2v) is 7.29. The molecule has 2 aromatic carbocycles. The van der Waals surface area contributed by atoms with E-state index in [1.54, 1.807) is 41.3 Å². The summed E-state index contributed by atoms with van der Waals surface area (Å²) in [6, 6.07) is 13.1. The van der Waals surface area contributed by atoms with E-state index in [0.29, 0.717) is 29.8 Å². The standard InChI is InChI=1S/C21H22N4O3/c1-24(2)14-9-7-13(8-10-14)19(26)23-17-11-12-25-18(17)20(27)22-16-6-4-3-5-15(16)21(25)28/h3-10,17-18H,11-12H2,1-2H3,(H,22,27)(H,23,26). The van der Waals surface area contributed by atoms with E-state index in [0.717, 1.165) is 5.69 Å². The maximum atomic E-state index is 12.9. The summed E-state index contributed by atoms with van der Waals surface area (Å²) in [7, 11) is 3.86. The molecular weight excluding hydrogens is 356 g/mol. The molecule has 144 valence electrons. The number of fused-ring (bicyclic) bond motifs is 2.